The number of esters is 1. The smallest absolute Gasteiger partial charge is 0.470 e. The number of carbonyl (C=O) groups excluding carboxylic acids is 5. The number of benzene rings is 4. The fourth-order valence-corrected chi connectivity index (χ4v) is 9.24. The van der Waals surface area contributed by atoms with Gasteiger partial charge >= 0.3 is 18.3 Å². The maximum Gasteiger partial charge on any atom is 0.514 e. The summed E-state index contributed by atoms with van der Waals surface area (Å²) in [5.74, 6) is -2.04. The van der Waals surface area contributed by atoms with Crippen molar-refractivity contribution in [3.63, 3.8) is 0 Å². The van der Waals surface area contributed by atoms with E-state index >= 15 is 0 Å². The first kappa shape index (κ1) is 55.8. The fraction of sp³-hybridized carbons (Fsp3) is 0.357. The van der Waals surface area contributed by atoms with E-state index in [1.54, 1.807) is 77.3 Å². The maximum atomic E-state index is 14.9. The molecule has 0 spiro atoms. The van der Waals surface area contributed by atoms with Crippen LogP contribution >= 0.6 is 0 Å². The third-order valence-corrected chi connectivity index (χ3v) is 16.6. The van der Waals surface area contributed by atoms with Gasteiger partial charge in [-0.25, -0.2) is 14.4 Å². The highest BCUT2D eigenvalue weighted by atomic mass is 28.4. The van der Waals surface area contributed by atoms with Crippen LogP contribution in [-0.2, 0) is 43.1 Å². The summed E-state index contributed by atoms with van der Waals surface area (Å²) in [7, 11) is 0.754. The van der Waals surface area contributed by atoms with Gasteiger partial charge in [0.2, 0.25) is 5.78 Å². The van der Waals surface area contributed by atoms with Gasteiger partial charge in [0.1, 0.15) is 47.5 Å². The van der Waals surface area contributed by atoms with Gasteiger partial charge in [0, 0.05) is 0 Å². The number of aromatic nitrogens is 1. The summed E-state index contributed by atoms with van der Waals surface area (Å²) in [6.45, 7) is 23.3. The summed E-state index contributed by atoms with van der Waals surface area (Å²) in [5.41, 5.74) is -0.0842. The molecule has 5 aromatic rings. The molecule has 0 amide bonds. The van der Waals surface area contributed by atoms with E-state index in [2.05, 4.69) is 18.3 Å². The molecule has 16 heteroatoms. The summed E-state index contributed by atoms with van der Waals surface area (Å²) in [6.07, 6.45) is 0.469. The SMILES string of the molecule is C=C.CCc1cccc(OC(=O)OC(C)(C)C)c1C(=O)Oc1ccccc1.CN(C)[C@@H]1c2onc(OCc3ccccc3)c2C(=O)[C@@]2(O[Si](C)(C)C(C)(C)C)C(=O)C=C[C@H](OC(=O)OCc3ccccc3)[C@@H]12. The van der Waals surface area contributed by atoms with Crippen LogP contribution in [0.4, 0.5) is 9.59 Å². The Balaban J connectivity index is 0.000000302. The lowest BCUT2D eigenvalue weighted by Gasteiger charge is -2.53. The van der Waals surface area contributed by atoms with Crippen molar-refractivity contribution in [2.45, 2.75) is 110 Å². The minimum absolute atomic E-state index is 0.00424. The van der Waals surface area contributed by atoms with Gasteiger partial charge in [-0.3, -0.25) is 14.5 Å². The molecule has 1 heterocycles. The molecular formula is C56H66N2O13Si. The summed E-state index contributed by atoms with van der Waals surface area (Å²) in [5, 5.41) is 3.78. The second-order valence-corrected chi connectivity index (χ2v) is 24.3. The zero-order chi connectivity index (χ0) is 53.0. The highest BCUT2D eigenvalue weighted by molar-refractivity contribution is 6.74. The first-order chi connectivity index (χ1) is 34.1. The van der Waals surface area contributed by atoms with Crippen molar-refractivity contribution in [1.82, 2.24) is 10.1 Å². The number of hydrogen-bond acceptors (Lipinski definition) is 15. The van der Waals surface area contributed by atoms with Crippen LogP contribution < -0.4 is 14.2 Å². The van der Waals surface area contributed by atoms with Crippen LogP contribution in [0.5, 0.6) is 17.4 Å². The summed E-state index contributed by atoms with van der Waals surface area (Å²) in [6, 6.07) is 31.7. The molecule has 0 N–H and O–H groups in total. The Morgan fingerprint density at radius 1 is 0.778 bits per heavy atom. The average molecular weight is 1000 g/mol. The molecule has 7 rings (SSSR count). The summed E-state index contributed by atoms with van der Waals surface area (Å²) >= 11 is 0. The van der Waals surface area contributed by atoms with Crippen LogP contribution in [0.3, 0.4) is 0 Å². The molecule has 4 aromatic carbocycles. The molecule has 2 aliphatic rings. The van der Waals surface area contributed by atoms with Gasteiger partial charge in [-0.15, -0.1) is 13.2 Å². The molecule has 2 aliphatic carbocycles. The highest BCUT2D eigenvalue weighted by Gasteiger charge is 2.68. The van der Waals surface area contributed by atoms with Crippen LogP contribution in [0.25, 0.3) is 0 Å². The van der Waals surface area contributed by atoms with E-state index in [4.69, 9.17) is 37.4 Å². The minimum Gasteiger partial charge on any atom is -0.470 e. The van der Waals surface area contributed by atoms with Crippen molar-refractivity contribution in [2.75, 3.05) is 14.1 Å². The molecule has 0 aliphatic heterocycles. The Morgan fingerprint density at radius 2 is 1.36 bits per heavy atom. The maximum absolute atomic E-state index is 14.9. The van der Waals surface area contributed by atoms with Crippen LogP contribution in [0.1, 0.15) is 97.7 Å². The number of nitrogens with zero attached hydrogens (tertiary/aromatic N) is 2. The van der Waals surface area contributed by atoms with E-state index in [0.717, 1.165) is 16.7 Å². The lowest BCUT2D eigenvalue weighted by Crippen LogP contribution is -2.68. The molecule has 0 saturated carbocycles. The van der Waals surface area contributed by atoms with Crippen molar-refractivity contribution in [3.8, 4) is 17.4 Å². The van der Waals surface area contributed by atoms with Crippen molar-refractivity contribution in [3.05, 3.63) is 168 Å². The highest BCUT2D eigenvalue weighted by Crippen LogP contribution is 2.54. The largest absolute Gasteiger partial charge is 0.514 e. The first-order valence-electron chi connectivity index (χ1n) is 23.5. The number of fused-ring (bicyclic) bond motifs is 2. The molecule has 15 nitrogen and oxygen atoms in total. The zero-order valence-electron chi connectivity index (χ0n) is 43.0. The second-order valence-electron chi connectivity index (χ2n) is 19.6. The fourth-order valence-electron chi connectivity index (χ4n) is 7.80. The van der Waals surface area contributed by atoms with E-state index in [1.165, 1.54) is 12.2 Å². The molecule has 382 valence electrons. The predicted molar refractivity (Wildman–Crippen MR) is 274 cm³/mol. The number of hydrogen-bond donors (Lipinski definition) is 0. The van der Waals surface area contributed by atoms with Gasteiger partial charge in [0.25, 0.3) is 5.88 Å². The third-order valence-electron chi connectivity index (χ3n) is 12.2. The Bertz CT molecular complexity index is 2690. The van der Waals surface area contributed by atoms with Crippen LogP contribution in [0.15, 0.2) is 139 Å². The lowest BCUT2D eigenvalue weighted by molar-refractivity contribution is -0.143. The van der Waals surface area contributed by atoms with Crippen molar-refractivity contribution >= 4 is 38.2 Å². The van der Waals surface area contributed by atoms with Gasteiger partial charge < -0.3 is 37.4 Å². The van der Waals surface area contributed by atoms with E-state index in [-0.39, 0.29) is 46.8 Å². The minimum atomic E-state index is -2.83. The molecular weight excluding hydrogens is 937 g/mol. The van der Waals surface area contributed by atoms with Crippen molar-refractivity contribution in [2.24, 2.45) is 5.92 Å². The predicted octanol–water partition coefficient (Wildman–Crippen LogP) is 11.9. The van der Waals surface area contributed by atoms with E-state index < -0.39 is 67.4 Å². The number of ketones is 2. The Kier molecular flexibility index (Phi) is 18.5. The Morgan fingerprint density at radius 3 is 1.92 bits per heavy atom. The van der Waals surface area contributed by atoms with Gasteiger partial charge in [-0.05, 0) is 112 Å². The molecule has 0 unspecified atom stereocenters. The molecule has 4 atom stereocenters. The second kappa shape index (κ2) is 23.8. The van der Waals surface area contributed by atoms with Gasteiger partial charge in [0.05, 0.1) is 12.0 Å². The number of ether oxygens (including phenoxy) is 6. The molecule has 72 heavy (non-hydrogen) atoms. The quantitative estimate of drug-likeness (QED) is 0.0271. The Hall–Kier alpha value is -7.14. The molecule has 0 radical (unpaired) electrons. The standard InChI is InChI=1S/C34H40N2O8Si.C20H22O5.C2H4/c1-33(2,3)45(6,7)44-34-25(37)19-18-24(42-32(39)41-21-23-16-12-9-13-17-23)27(34)28(36(4)5)29-26(30(34)38)31(35-43-29)40-20-22-14-10-8-11-15-22;1-5-14-10-9-13-16(24-19(22)25-20(2,3)4)17(14)18(21)23-15-11-7-6-8-12-15;1-2/h8-19,24,27-28H,20-21H2,1-7H3;6-13H,5H2,1-4H3;1-2H2/t24-,27-,28-,34+;;/m0../s1. The normalized spacial score (nSPS) is 18.2. The number of para-hydroxylation sites is 1. The number of Topliss-reactive ketones (excluding diaryl/α,β-unsaturated/α-hetero) is 1. The summed E-state index contributed by atoms with van der Waals surface area (Å²) < 4.78 is 45.9. The lowest BCUT2D eigenvalue weighted by atomic mass is 9.64. The molecule has 1 aromatic heterocycles. The number of rotatable bonds is 13. The zero-order valence-corrected chi connectivity index (χ0v) is 44.0. The van der Waals surface area contributed by atoms with Crippen molar-refractivity contribution < 1.29 is 61.3 Å². The van der Waals surface area contributed by atoms with Gasteiger partial charge in [-0.2, -0.15) is 0 Å². The van der Waals surface area contributed by atoms with E-state index in [9.17, 15) is 24.0 Å². The van der Waals surface area contributed by atoms with Crippen LogP contribution in [-0.4, -0.2) is 79.6 Å². The topological polar surface area (TPSA) is 179 Å². The molecule has 0 fully saturated rings. The van der Waals surface area contributed by atoms with Crippen molar-refractivity contribution in [1.29, 1.82) is 0 Å². The first-order valence-corrected chi connectivity index (χ1v) is 26.4. The number of carbonyl (C=O) groups is 5. The summed E-state index contributed by atoms with van der Waals surface area (Å²) in [4.78, 5) is 68.5. The number of aryl methyl sites for hydroxylation is 1. The van der Waals surface area contributed by atoms with Crippen LogP contribution in [0.2, 0.25) is 18.1 Å². The monoisotopic (exact) mass is 1000 g/mol. The Labute approximate surface area is 423 Å². The van der Waals surface area contributed by atoms with E-state index in [0.29, 0.717) is 12.2 Å². The van der Waals surface area contributed by atoms with Gasteiger partial charge in [-0.1, -0.05) is 119 Å². The van der Waals surface area contributed by atoms with E-state index in [1.807, 2.05) is 112 Å². The molecule has 0 bridgehead atoms. The van der Waals surface area contributed by atoms with Crippen LogP contribution in [0, 0.1) is 5.92 Å². The average Bonchev–Trinajstić information content (AvgIpc) is 3.76. The third kappa shape index (κ3) is 13.2. The van der Waals surface area contributed by atoms with Gasteiger partial charge in [0.15, 0.2) is 25.5 Å². The molecule has 0 saturated heterocycles.